The number of carbonyl (C=O) groups is 1. The van der Waals surface area contributed by atoms with Crippen molar-refractivity contribution in [3.8, 4) is 5.75 Å². The van der Waals surface area contributed by atoms with Crippen molar-refractivity contribution in [1.29, 1.82) is 0 Å². The predicted octanol–water partition coefficient (Wildman–Crippen LogP) is 2.42. The minimum Gasteiger partial charge on any atom is -0.496 e. The van der Waals surface area contributed by atoms with Crippen LogP contribution in [0.4, 0.5) is 0 Å². The van der Waals surface area contributed by atoms with Gasteiger partial charge < -0.3 is 15.2 Å². The summed E-state index contributed by atoms with van der Waals surface area (Å²) in [5, 5.41) is 12.7. The number of rotatable bonds is 6. The Balaban J connectivity index is 1.76. The van der Waals surface area contributed by atoms with Crippen LogP contribution in [-0.4, -0.2) is 30.3 Å². The van der Waals surface area contributed by atoms with Crippen LogP contribution in [0.1, 0.15) is 31.2 Å². The van der Waals surface area contributed by atoms with E-state index in [1.165, 1.54) is 0 Å². The Labute approximate surface area is 127 Å². The molecule has 1 aliphatic carbocycles. The van der Waals surface area contributed by atoms with Crippen LogP contribution in [0.3, 0.4) is 0 Å². The van der Waals surface area contributed by atoms with Crippen LogP contribution in [-0.2, 0) is 11.2 Å². The zero-order valence-corrected chi connectivity index (χ0v) is 13.2. The van der Waals surface area contributed by atoms with E-state index in [2.05, 4.69) is 21.2 Å². The highest BCUT2D eigenvalue weighted by molar-refractivity contribution is 9.10. The first-order valence-electron chi connectivity index (χ1n) is 6.84. The van der Waals surface area contributed by atoms with Gasteiger partial charge in [-0.15, -0.1) is 0 Å². The monoisotopic (exact) mass is 341 g/mol. The third-order valence-corrected chi connectivity index (χ3v) is 4.38. The van der Waals surface area contributed by atoms with Gasteiger partial charge in [0, 0.05) is 13.0 Å². The molecule has 0 heterocycles. The lowest BCUT2D eigenvalue weighted by Gasteiger charge is -2.36. The summed E-state index contributed by atoms with van der Waals surface area (Å²) in [6.45, 7) is 0.373. The van der Waals surface area contributed by atoms with Crippen LogP contribution in [0.15, 0.2) is 22.7 Å². The van der Waals surface area contributed by atoms with E-state index < -0.39 is 5.60 Å². The number of nitrogens with one attached hydrogen (secondary N) is 1. The minimum atomic E-state index is -0.654. The van der Waals surface area contributed by atoms with E-state index in [4.69, 9.17) is 4.74 Å². The molecule has 0 spiro atoms. The van der Waals surface area contributed by atoms with Crippen molar-refractivity contribution in [3.05, 3.63) is 28.2 Å². The molecule has 0 aliphatic heterocycles. The first-order valence-corrected chi connectivity index (χ1v) is 7.63. The van der Waals surface area contributed by atoms with E-state index in [-0.39, 0.29) is 5.91 Å². The summed E-state index contributed by atoms with van der Waals surface area (Å²) in [5.74, 6) is 0.766. The number of hydrogen-bond donors (Lipinski definition) is 2. The molecule has 1 fully saturated rings. The molecule has 0 radical (unpaired) electrons. The number of ether oxygens (including phenoxy) is 1. The second-order valence-electron chi connectivity index (χ2n) is 5.32. The van der Waals surface area contributed by atoms with Gasteiger partial charge >= 0.3 is 0 Å². The van der Waals surface area contributed by atoms with E-state index in [0.29, 0.717) is 19.4 Å². The molecule has 2 rings (SSSR count). The highest BCUT2D eigenvalue weighted by Gasteiger charge is 2.34. The van der Waals surface area contributed by atoms with E-state index >= 15 is 0 Å². The molecule has 1 aromatic carbocycles. The van der Waals surface area contributed by atoms with Crippen LogP contribution in [0.2, 0.25) is 0 Å². The van der Waals surface area contributed by atoms with Gasteiger partial charge in [-0.1, -0.05) is 6.07 Å². The maximum absolute atomic E-state index is 11.8. The highest BCUT2D eigenvalue weighted by Crippen LogP contribution is 2.30. The van der Waals surface area contributed by atoms with Crippen LogP contribution in [0.25, 0.3) is 0 Å². The molecule has 0 atom stereocenters. The number of aliphatic hydroxyl groups is 1. The molecular formula is C15H20BrNO3. The number of methoxy groups -OCH3 is 1. The summed E-state index contributed by atoms with van der Waals surface area (Å²) < 4.78 is 6.06. The SMILES string of the molecule is COc1ccc(CCC(=O)NCC2(O)CCC2)cc1Br. The summed E-state index contributed by atoms with van der Waals surface area (Å²) in [6.07, 6.45) is 3.73. The molecule has 110 valence electrons. The number of halogens is 1. The van der Waals surface area contributed by atoms with Crippen molar-refractivity contribution in [2.24, 2.45) is 0 Å². The zero-order valence-electron chi connectivity index (χ0n) is 11.6. The molecule has 20 heavy (non-hydrogen) atoms. The Morgan fingerprint density at radius 2 is 2.25 bits per heavy atom. The molecule has 4 nitrogen and oxygen atoms in total. The standard InChI is InChI=1S/C15H20BrNO3/c1-20-13-5-3-11(9-12(13)16)4-6-14(18)17-10-15(19)7-2-8-15/h3,5,9,19H,2,4,6-8,10H2,1H3,(H,17,18). The summed E-state index contributed by atoms with van der Waals surface area (Å²) in [6, 6.07) is 5.80. The number of aryl methyl sites for hydroxylation is 1. The van der Waals surface area contributed by atoms with Crippen LogP contribution in [0.5, 0.6) is 5.75 Å². The molecule has 1 amide bonds. The van der Waals surface area contributed by atoms with Gasteiger partial charge in [0.15, 0.2) is 0 Å². The lowest BCUT2D eigenvalue weighted by Crippen LogP contribution is -2.47. The summed E-state index contributed by atoms with van der Waals surface area (Å²) in [5.41, 5.74) is 0.425. The quantitative estimate of drug-likeness (QED) is 0.835. The van der Waals surface area contributed by atoms with Gasteiger partial charge in [-0.2, -0.15) is 0 Å². The van der Waals surface area contributed by atoms with Gasteiger partial charge in [-0.3, -0.25) is 4.79 Å². The van der Waals surface area contributed by atoms with E-state index in [0.717, 1.165) is 35.0 Å². The second-order valence-corrected chi connectivity index (χ2v) is 6.18. The minimum absolute atomic E-state index is 0.0164. The maximum Gasteiger partial charge on any atom is 0.220 e. The molecule has 2 N–H and O–H groups in total. The van der Waals surface area contributed by atoms with Gasteiger partial charge in [0.1, 0.15) is 5.75 Å². The second kappa shape index (κ2) is 6.59. The highest BCUT2D eigenvalue weighted by atomic mass is 79.9. The first kappa shape index (κ1) is 15.3. The molecule has 1 saturated carbocycles. The number of carbonyl (C=O) groups excluding carboxylic acids is 1. The molecule has 0 bridgehead atoms. The Morgan fingerprint density at radius 1 is 1.50 bits per heavy atom. The van der Waals surface area contributed by atoms with Crippen molar-refractivity contribution >= 4 is 21.8 Å². The topological polar surface area (TPSA) is 58.6 Å². The number of amides is 1. The Kier molecular flexibility index (Phi) is 5.05. The van der Waals surface area contributed by atoms with Gasteiger partial charge in [-0.05, 0) is 59.3 Å². The number of hydrogen-bond acceptors (Lipinski definition) is 3. The molecule has 1 aromatic rings. The summed E-state index contributed by atoms with van der Waals surface area (Å²) in [4.78, 5) is 11.8. The third-order valence-electron chi connectivity index (χ3n) is 3.76. The molecule has 0 saturated heterocycles. The fraction of sp³-hybridized carbons (Fsp3) is 0.533. The smallest absolute Gasteiger partial charge is 0.220 e. The zero-order chi connectivity index (χ0) is 14.6. The Morgan fingerprint density at radius 3 is 2.80 bits per heavy atom. The third kappa shape index (κ3) is 3.96. The van der Waals surface area contributed by atoms with Crippen molar-refractivity contribution in [2.45, 2.75) is 37.7 Å². The lowest BCUT2D eigenvalue weighted by atomic mass is 9.80. The van der Waals surface area contributed by atoms with Gasteiger partial charge in [0.05, 0.1) is 17.2 Å². The predicted molar refractivity (Wildman–Crippen MR) is 80.8 cm³/mol. The average Bonchev–Trinajstić information content (AvgIpc) is 2.41. The fourth-order valence-corrected chi connectivity index (χ4v) is 2.82. The molecule has 1 aliphatic rings. The van der Waals surface area contributed by atoms with E-state index in [1.54, 1.807) is 7.11 Å². The van der Waals surface area contributed by atoms with Crippen LogP contribution >= 0.6 is 15.9 Å². The average molecular weight is 342 g/mol. The lowest BCUT2D eigenvalue weighted by molar-refractivity contribution is -0.123. The number of benzene rings is 1. The van der Waals surface area contributed by atoms with Crippen molar-refractivity contribution in [3.63, 3.8) is 0 Å². The normalized spacial score (nSPS) is 16.4. The van der Waals surface area contributed by atoms with Crippen LogP contribution < -0.4 is 10.1 Å². The molecular weight excluding hydrogens is 322 g/mol. The Hall–Kier alpha value is -1.07. The van der Waals surface area contributed by atoms with Gasteiger partial charge in [0.2, 0.25) is 5.91 Å². The molecule has 0 unspecified atom stereocenters. The van der Waals surface area contributed by atoms with E-state index in [1.807, 2.05) is 18.2 Å². The largest absolute Gasteiger partial charge is 0.496 e. The van der Waals surface area contributed by atoms with E-state index in [9.17, 15) is 9.90 Å². The van der Waals surface area contributed by atoms with Gasteiger partial charge in [-0.25, -0.2) is 0 Å². The van der Waals surface area contributed by atoms with Gasteiger partial charge in [0.25, 0.3) is 0 Å². The Bertz CT molecular complexity index is 486. The summed E-state index contributed by atoms with van der Waals surface area (Å²) >= 11 is 3.43. The first-order chi connectivity index (χ1) is 9.52. The maximum atomic E-state index is 11.8. The molecule has 0 aromatic heterocycles. The van der Waals surface area contributed by atoms with Crippen LogP contribution in [0, 0.1) is 0 Å². The fourth-order valence-electron chi connectivity index (χ4n) is 2.24. The van der Waals surface area contributed by atoms with Crippen molar-refractivity contribution in [2.75, 3.05) is 13.7 Å². The van der Waals surface area contributed by atoms with Crippen molar-refractivity contribution in [1.82, 2.24) is 5.32 Å². The van der Waals surface area contributed by atoms with Crippen molar-refractivity contribution < 1.29 is 14.6 Å². The summed E-state index contributed by atoms with van der Waals surface area (Å²) in [7, 11) is 1.62. The molecule has 5 heteroatoms.